The molecule has 0 heterocycles. The Hall–Kier alpha value is -2.25. The average molecular weight is 272 g/mol. The maximum Gasteiger partial charge on any atom is 0.124 e. The molecule has 2 nitrogen and oxygen atoms in total. The van der Waals surface area contributed by atoms with Crippen molar-refractivity contribution in [3.63, 3.8) is 0 Å². The van der Waals surface area contributed by atoms with Crippen LogP contribution in [-0.4, -0.2) is 0 Å². The highest BCUT2D eigenvalue weighted by Gasteiger charge is 2.07. The quantitative estimate of drug-likeness (QED) is 0.921. The smallest absolute Gasteiger partial charge is 0.124 e. The second-order valence-electron chi connectivity index (χ2n) is 4.62. The molecule has 0 bridgehead atoms. The standard InChI is InChI=1S/C16H14F2N2/c1-11(14-3-2-4-15(17)8-14)20-10-13-5-12(9-19)6-16(18)7-13/h2-8,11,20H,10H2,1H3/t11-/m0/s1. The van der Waals surface area contributed by atoms with E-state index in [2.05, 4.69) is 5.32 Å². The number of nitrogens with zero attached hydrogens (tertiary/aromatic N) is 1. The largest absolute Gasteiger partial charge is 0.306 e. The molecule has 0 saturated carbocycles. The molecule has 2 aromatic rings. The third kappa shape index (κ3) is 3.62. The molecule has 0 aliphatic heterocycles. The zero-order valence-electron chi connectivity index (χ0n) is 11.0. The van der Waals surface area contributed by atoms with E-state index in [1.54, 1.807) is 12.1 Å². The Labute approximate surface area is 116 Å². The van der Waals surface area contributed by atoms with Crippen LogP contribution in [0.4, 0.5) is 8.78 Å². The van der Waals surface area contributed by atoms with E-state index in [4.69, 9.17) is 5.26 Å². The van der Waals surface area contributed by atoms with Crippen LogP contribution in [0.2, 0.25) is 0 Å². The number of benzene rings is 2. The summed E-state index contributed by atoms with van der Waals surface area (Å²) in [7, 11) is 0. The molecule has 0 aromatic heterocycles. The highest BCUT2D eigenvalue weighted by atomic mass is 19.1. The van der Waals surface area contributed by atoms with Crippen molar-refractivity contribution in [1.29, 1.82) is 5.26 Å². The predicted molar refractivity (Wildman–Crippen MR) is 72.8 cm³/mol. The summed E-state index contributed by atoms with van der Waals surface area (Å²) in [5.74, 6) is -0.715. The van der Waals surface area contributed by atoms with Gasteiger partial charge < -0.3 is 5.32 Å². The molecule has 0 radical (unpaired) electrons. The summed E-state index contributed by atoms with van der Waals surface area (Å²) in [6.07, 6.45) is 0. The minimum absolute atomic E-state index is 0.0699. The van der Waals surface area contributed by atoms with Gasteiger partial charge in [-0.05, 0) is 48.4 Å². The first-order valence-corrected chi connectivity index (χ1v) is 6.27. The molecule has 0 aliphatic rings. The minimum atomic E-state index is -0.431. The minimum Gasteiger partial charge on any atom is -0.306 e. The van der Waals surface area contributed by atoms with Crippen LogP contribution in [0.15, 0.2) is 42.5 Å². The van der Waals surface area contributed by atoms with Crippen molar-refractivity contribution in [2.45, 2.75) is 19.5 Å². The van der Waals surface area contributed by atoms with E-state index in [0.717, 1.165) is 5.56 Å². The van der Waals surface area contributed by atoms with Crippen LogP contribution in [0.5, 0.6) is 0 Å². The number of halogens is 2. The highest BCUT2D eigenvalue weighted by Crippen LogP contribution is 2.15. The summed E-state index contributed by atoms with van der Waals surface area (Å²) < 4.78 is 26.4. The van der Waals surface area contributed by atoms with Crippen LogP contribution < -0.4 is 5.32 Å². The lowest BCUT2D eigenvalue weighted by molar-refractivity contribution is 0.561. The van der Waals surface area contributed by atoms with Gasteiger partial charge in [0.25, 0.3) is 0 Å². The van der Waals surface area contributed by atoms with E-state index in [-0.39, 0.29) is 11.9 Å². The van der Waals surface area contributed by atoms with Crippen LogP contribution in [0.25, 0.3) is 0 Å². The molecule has 20 heavy (non-hydrogen) atoms. The van der Waals surface area contributed by atoms with E-state index in [0.29, 0.717) is 17.7 Å². The Balaban J connectivity index is 2.05. The molecule has 1 atom stereocenters. The van der Waals surface area contributed by atoms with Gasteiger partial charge in [0.2, 0.25) is 0 Å². The van der Waals surface area contributed by atoms with E-state index in [1.165, 1.54) is 24.3 Å². The van der Waals surface area contributed by atoms with Crippen molar-refractivity contribution in [2.75, 3.05) is 0 Å². The molecular formula is C16H14F2N2. The first-order valence-electron chi connectivity index (χ1n) is 6.27. The van der Waals surface area contributed by atoms with Gasteiger partial charge in [0.1, 0.15) is 11.6 Å². The van der Waals surface area contributed by atoms with E-state index in [1.807, 2.05) is 19.1 Å². The Morgan fingerprint density at radius 3 is 2.65 bits per heavy atom. The molecule has 0 saturated heterocycles. The number of hydrogen-bond acceptors (Lipinski definition) is 2. The van der Waals surface area contributed by atoms with Gasteiger partial charge in [0.05, 0.1) is 11.6 Å². The van der Waals surface area contributed by atoms with Gasteiger partial charge in [-0.15, -0.1) is 0 Å². The van der Waals surface area contributed by atoms with Crippen molar-refractivity contribution in [3.05, 3.63) is 70.8 Å². The van der Waals surface area contributed by atoms with Crippen molar-refractivity contribution in [3.8, 4) is 6.07 Å². The van der Waals surface area contributed by atoms with Crippen molar-refractivity contribution in [2.24, 2.45) is 0 Å². The number of hydrogen-bond donors (Lipinski definition) is 1. The number of rotatable bonds is 4. The highest BCUT2D eigenvalue weighted by molar-refractivity contribution is 5.33. The van der Waals surface area contributed by atoms with Crippen LogP contribution in [-0.2, 0) is 6.54 Å². The molecule has 2 aromatic carbocycles. The number of nitriles is 1. The molecule has 4 heteroatoms. The summed E-state index contributed by atoms with van der Waals surface area (Å²) in [6, 6.07) is 12.4. The van der Waals surface area contributed by atoms with Crippen molar-refractivity contribution < 1.29 is 8.78 Å². The van der Waals surface area contributed by atoms with Crippen LogP contribution >= 0.6 is 0 Å². The molecule has 0 unspecified atom stereocenters. The Kier molecular flexibility index (Phi) is 4.44. The molecular weight excluding hydrogens is 258 g/mol. The Morgan fingerprint density at radius 2 is 1.95 bits per heavy atom. The van der Waals surface area contributed by atoms with E-state index < -0.39 is 5.82 Å². The monoisotopic (exact) mass is 272 g/mol. The average Bonchev–Trinajstić information content (AvgIpc) is 2.44. The zero-order chi connectivity index (χ0) is 14.5. The van der Waals surface area contributed by atoms with E-state index in [9.17, 15) is 8.78 Å². The maximum atomic E-state index is 13.3. The fourth-order valence-electron chi connectivity index (χ4n) is 1.98. The normalized spacial score (nSPS) is 11.9. The first-order chi connectivity index (χ1) is 9.58. The molecule has 1 N–H and O–H groups in total. The zero-order valence-corrected chi connectivity index (χ0v) is 11.0. The van der Waals surface area contributed by atoms with Crippen LogP contribution in [0.1, 0.15) is 29.7 Å². The summed E-state index contributed by atoms with van der Waals surface area (Å²) in [5, 5.41) is 12.0. The summed E-state index contributed by atoms with van der Waals surface area (Å²) >= 11 is 0. The van der Waals surface area contributed by atoms with Gasteiger partial charge in [0.15, 0.2) is 0 Å². The van der Waals surface area contributed by atoms with Gasteiger partial charge in [-0.2, -0.15) is 5.26 Å². The second-order valence-corrected chi connectivity index (χ2v) is 4.62. The lowest BCUT2D eigenvalue weighted by Gasteiger charge is -2.14. The molecule has 102 valence electrons. The first kappa shape index (κ1) is 14.2. The summed E-state index contributed by atoms with van der Waals surface area (Å²) in [6.45, 7) is 2.31. The van der Waals surface area contributed by atoms with Crippen molar-refractivity contribution in [1.82, 2.24) is 5.32 Å². The lowest BCUT2D eigenvalue weighted by atomic mass is 10.1. The maximum absolute atomic E-state index is 13.3. The van der Waals surface area contributed by atoms with E-state index >= 15 is 0 Å². The third-order valence-electron chi connectivity index (χ3n) is 3.05. The number of nitrogens with one attached hydrogen (secondary N) is 1. The SMILES string of the molecule is C[C@H](NCc1cc(F)cc(C#N)c1)c1cccc(F)c1. The molecule has 0 spiro atoms. The van der Waals surface area contributed by atoms with Gasteiger partial charge in [-0.3, -0.25) is 0 Å². The second kappa shape index (κ2) is 6.27. The van der Waals surface area contributed by atoms with Gasteiger partial charge in [-0.25, -0.2) is 8.78 Å². The molecule has 0 amide bonds. The molecule has 0 fully saturated rings. The van der Waals surface area contributed by atoms with Crippen LogP contribution in [0.3, 0.4) is 0 Å². The van der Waals surface area contributed by atoms with Gasteiger partial charge in [0, 0.05) is 12.6 Å². The van der Waals surface area contributed by atoms with Crippen LogP contribution in [0, 0.1) is 23.0 Å². The summed E-state index contributed by atoms with van der Waals surface area (Å²) in [5.41, 5.74) is 1.80. The Bertz CT molecular complexity index is 647. The van der Waals surface area contributed by atoms with Gasteiger partial charge >= 0.3 is 0 Å². The fourth-order valence-corrected chi connectivity index (χ4v) is 1.98. The lowest BCUT2D eigenvalue weighted by Crippen LogP contribution is -2.18. The summed E-state index contributed by atoms with van der Waals surface area (Å²) in [4.78, 5) is 0. The van der Waals surface area contributed by atoms with Crippen molar-refractivity contribution >= 4 is 0 Å². The fraction of sp³-hybridized carbons (Fsp3) is 0.188. The van der Waals surface area contributed by atoms with Gasteiger partial charge in [-0.1, -0.05) is 12.1 Å². The predicted octanol–water partition coefficient (Wildman–Crippen LogP) is 3.69. The third-order valence-corrected chi connectivity index (χ3v) is 3.05. The molecule has 2 rings (SSSR count). The Morgan fingerprint density at radius 1 is 1.15 bits per heavy atom. The molecule has 0 aliphatic carbocycles. The topological polar surface area (TPSA) is 35.8 Å².